The number of benzene rings is 1. The number of aromatic nitrogens is 1. The number of para-hydroxylation sites is 1. The van der Waals surface area contributed by atoms with Crippen LogP contribution in [0.3, 0.4) is 0 Å². The minimum absolute atomic E-state index is 0.452. The first kappa shape index (κ1) is 20.1. The van der Waals surface area contributed by atoms with Gasteiger partial charge >= 0.3 is 0 Å². The van der Waals surface area contributed by atoms with Gasteiger partial charge in [0.25, 0.3) is 0 Å². The Morgan fingerprint density at radius 2 is 1.79 bits per heavy atom. The lowest BCUT2D eigenvalue weighted by Gasteiger charge is -2.33. The molecular formula is C22H32N6. The Bertz CT molecular complexity index is 786. The summed E-state index contributed by atoms with van der Waals surface area (Å²) in [5.74, 6) is 1.48. The lowest BCUT2D eigenvalue weighted by molar-refractivity contribution is 0.312. The van der Waals surface area contributed by atoms with Crippen LogP contribution in [-0.2, 0) is 19.4 Å². The summed E-state index contributed by atoms with van der Waals surface area (Å²) in [6.45, 7) is 9.00. The van der Waals surface area contributed by atoms with Crippen LogP contribution in [0.4, 0.5) is 11.5 Å². The van der Waals surface area contributed by atoms with Crippen LogP contribution in [0.25, 0.3) is 0 Å². The number of aliphatic imine (C=N–C) groups is 1. The molecule has 1 aliphatic rings. The van der Waals surface area contributed by atoms with E-state index >= 15 is 0 Å². The third kappa shape index (κ3) is 5.01. The van der Waals surface area contributed by atoms with Crippen LogP contribution < -0.4 is 16.0 Å². The highest BCUT2D eigenvalue weighted by Crippen LogP contribution is 2.22. The van der Waals surface area contributed by atoms with E-state index in [0.717, 1.165) is 56.1 Å². The molecule has 2 aromatic rings. The molecule has 150 valence electrons. The van der Waals surface area contributed by atoms with Crippen LogP contribution in [0.2, 0.25) is 0 Å². The number of anilines is 2. The number of likely N-dealkylation sites (N-methyl/N-ethyl adjacent to an activating group) is 1. The van der Waals surface area contributed by atoms with Crippen molar-refractivity contribution in [1.29, 1.82) is 0 Å². The molecule has 0 bridgehead atoms. The zero-order chi connectivity index (χ0) is 19.9. The summed E-state index contributed by atoms with van der Waals surface area (Å²) in [5.41, 5.74) is 10.9. The molecule has 1 aromatic carbocycles. The fraction of sp³-hybridized carbons (Fsp3) is 0.455. The van der Waals surface area contributed by atoms with Crippen molar-refractivity contribution in [1.82, 2.24) is 9.88 Å². The molecule has 0 saturated carbocycles. The number of hydrogen-bond acceptors (Lipinski definition) is 4. The number of rotatable bonds is 6. The maximum atomic E-state index is 6.20. The predicted octanol–water partition coefficient (Wildman–Crippen LogP) is 2.89. The molecule has 0 aliphatic carbocycles. The van der Waals surface area contributed by atoms with E-state index in [1.54, 1.807) is 0 Å². The third-order valence-electron chi connectivity index (χ3n) is 5.32. The molecule has 28 heavy (non-hydrogen) atoms. The molecule has 1 fully saturated rings. The Hall–Kier alpha value is -2.60. The van der Waals surface area contributed by atoms with Crippen molar-refractivity contribution in [3.63, 3.8) is 0 Å². The predicted molar refractivity (Wildman–Crippen MR) is 118 cm³/mol. The molecule has 3 N–H and O–H groups in total. The maximum absolute atomic E-state index is 6.20. The fourth-order valence-corrected chi connectivity index (χ4v) is 3.51. The number of aryl methyl sites for hydroxylation is 2. The van der Waals surface area contributed by atoms with Gasteiger partial charge in [-0.25, -0.2) is 9.98 Å². The standard InChI is InChI=1S/C22H32N6/c1-4-18-7-6-8-19(5-2)21(18)26-22(23)25-16-17-9-10-24-20(15-17)28-13-11-27(3)12-14-28/h6-10,15H,4-5,11-14,16H2,1-3H3,(H3,23,25,26). The molecule has 6 nitrogen and oxygen atoms in total. The van der Waals surface area contributed by atoms with Crippen LogP contribution in [-0.4, -0.2) is 49.1 Å². The highest BCUT2D eigenvalue weighted by atomic mass is 15.3. The molecular weight excluding hydrogens is 348 g/mol. The van der Waals surface area contributed by atoms with Crippen LogP contribution in [0.15, 0.2) is 41.5 Å². The molecule has 1 aliphatic heterocycles. The number of piperazine rings is 1. The largest absolute Gasteiger partial charge is 0.370 e. The smallest absolute Gasteiger partial charge is 0.193 e. The van der Waals surface area contributed by atoms with Gasteiger partial charge in [-0.15, -0.1) is 0 Å². The number of nitrogens with two attached hydrogens (primary N) is 1. The van der Waals surface area contributed by atoms with Gasteiger partial charge in [0.1, 0.15) is 5.82 Å². The van der Waals surface area contributed by atoms with Crippen molar-refractivity contribution in [2.45, 2.75) is 33.2 Å². The summed E-state index contributed by atoms with van der Waals surface area (Å²) in [7, 11) is 2.16. The second-order valence-electron chi connectivity index (χ2n) is 7.30. The third-order valence-corrected chi connectivity index (χ3v) is 5.32. The van der Waals surface area contributed by atoms with E-state index in [1.807, 2.05) is 12.3 Å². The first-order valence-electron chi connectivity index (χ1n) is 10.2. The fourth-order valence-electron chi connectivity index (χ4n) is 3.51. The first-order valence-corrected chi connectivity index (χ1v) is 10.2. The van der Waals surface area contributed by atoms with Crippen molar-refractivity contribution in [2.75, 3.05) is 43.4 Å². The number of nitrogens with one attached hydrogen (secondary N) is 1. The Labute approximate surface area is 168 Å². The molecule has 0 atom stereocenters. The van der Waals surface area contributed by atoms with E-state index in [9.17, 15) is 0 Å². The van der Waals surface area contributed by atoms with Crippen molar-refractivity contribution in [3.8, 4) is 0 Å². The number of hydrogen-bond donors (Lipinski definition) is 2. The highest BCUT2D eigenvalue weighted by Gasteiger charge is 2.15. The second-order valence-corrected chi connectivity index (χ2v) is 7.30. The van der Waals surface area contributed by atoms with Gasteiger partial charge in [0, 0.05) is 38.1 Å². The van der Waals surface area contributed by atoms with E-state index in [1.165, 1.54) is 11.1 Å². The van der Waals surface area contributed by atoms with Gasteiger partial charge in [0.05, 0.1) is 6.54 Å². The van der Waals surface area contributed by atoms with Crippen LogP contribution >= 0.6 is 0 Å². The van der Waals surface area contributed by atoms with Crippen molar-refractivity contribution in [3.05, 3.63) is 53.2 Å². The monoisotopic (exact) mass is 380 g/mol. The molecule has 0 spiro atoms. The molecule has 0 unspecified atom stereocenters. The quantitative estimate of drug-likeness (QED) is 0.596. The summed E-state index contributed by atoms with van der Waals surface area (Å²) in [4.78, 5) is 13.8. The Morgan fingerprint density at radius 1 is 1.11 bits per heavy atom. The molecule has 1 saturated heterocycles. The minimum Gasteiger partial charge on any atom is -0.370 e. The molecule has 2 heterocycles. The normalized spacial score (nSPS) is 15.7. The number of guanidine groups is 1. The molecule has 0 radical (unpaired) electrons. The topological polar surface area (TPSA) is 69.8 Å². The van der Waals surface area contributed by atoms with E-state index < -0.39 is 0 Å². The first-order chi connectivity index (χ1) is 13.6. The highest BCUT2D eigenvalue weighted by molar-refractivity contribution is 5.93. The lowest BCUT2D eigenvalue weighted by Crippen LogP contribution is -2.44. The zero-order valence-corrected chi connectivity index (χ0v) is 17.3. The summed E-state index contributed by atoms with van der Waals surface area (Å²) in [5, 5.41) is 3.33. The Balaban J connectivity index is 1.68. The molecule has 1 aromatic heterocycles. The molecule has 0 amide bonds. The van der Waals surface area contributed by atoms with Crippen molar-refractivity contribution < 1.29 is 0 Å². The summed E-state index contributed by atoms with van der Waals surface area (Å²) in [6, 6.07) is 10.5. The molecule has 6 heteroatoms. The van der Waals surface area contributed by atoms with Gasteiger partial charge in [-0.2, -0.15) is 0 Å². The summed E-state index contributed by atoms with van der Waals surface area (Å²) < 4.78 is 0. The second kappa shape index (κ2) is 9.55. The lowest BCUT2D eigenvalue weighted by atomic mass is 10.0. The summed E-state index contributed by atoms with van der Waals surface area (Å²) >= 11 is 0. The number of nitrogens with zero attached hydrogens (tertiary/aromatic N) is 4. The van der Waals surface area contributed by atoms with Crippen molar-refractivity contribution >= 4 is 17.5 Å². The van der Waals surface area contributed by atoms with Crippen LogP contribution in [0.5, 0.6) is 0 Å². The van der Waals surface area contributed by atoms with Gasteiger partial charge in [0.2, 0.25) is 0 Å². The van der Waals surface area contributed by atoms with Crippen LogP contribution in [0.1, 0.15) is 30.5 Å². The van der Waals surface area contributed by atoms with E-state index in [0.29, 0.717) is 12.5 Å². The average molecular weight is 381 g/mol. The SMILES string of the molecule is CCc1cccc(CC)c1NC(N)=NCc1ccnc(N2CCN(C)CC2)c1. The maximum Gasteiger partial charge on any atom is 0.193 e. The average Bonchev–Trinajstić information content (AvgIpc) is 2.73. The van der Waals surface area contributed by atoms with E-state index in [2.05, 4.69) is 70.3 Å². The number of pyridine rings is 1. The minimum atomic E-state index is 0.452. The van der Waals surface area contributed by atoms with Gasteiger partial charge in [-0.3, -0.25) is 0 Å². The molecule has 3 rings (SSSR count). The van der Waals surface area contributed by atoms with Gasteiger partial charge in [-0.05, 0) is 48.7 Å². The van der Waals surface area contributed by atoms with Gasteiger partial charge < -0.3 is 20.9 Å². The summed E-state index contributed by atoms with van der Waals surface area (Å²) in [6.07, 6.45) is 3.79. The Morgan fingerprint density at radius 3 is 2.43 bits per heavy atom. The van der Waals surface area contributed by atoms with E-state index in [-0.39, 0.29) is 0 Å². The van der Waals surface area contributed by atoms with Gasteiger partial charge in [-0.1, -0.05) is 32.0 Å². The van der Waals surface area contributed by atoms with Gasteiger partial charge in [0.15, 0.2) is 5.96 Å². The Kier molecular flexibility index (Phi) is 6.87. The van der Waals surface area contributed by atoms with Crippen LogP contribution in [0, 0.1) is 0 Å². The zero-order valence-electron chi connectivity index (χ0n) is 17.3. The van der Waals surface area contributed by atoms with E-state index in [4.69, 9.17) is 5.73 Å². The van der Waals surface area contributed by atoms with Crippen molar-refractivity contribution in [2.24, 2.45) is 10.7 Å².